The van der Waals surface area contributed by atoms with E-state index in [2.05, 4.69) is 10.0 Å². The van der Waals surface area contributed by atoms with Crippen LogP contribution in [0.5, 0.6) is 0 Å². The number of sulfonamides is 1. The maximum absolute atomic E-state index is 12.0. The largest absolute Gasteiger partial charge is 0.331 e. The van der Waals surface area contributed by atoms with Crippen LogP contribution in [0.25, 0.3) is 0 Å². The van der Waals surface area contributed by atoms with Crippen LogP contribution in [0.3, 0.4) is 0 Å². The van der Waals surface area contributed by atoms with Gasteiger partial charge in [0.05, 0.1) is 4.34 Å². The molecular weight excluding hydrogens is 310 g/mol. The zero-order chi connectivity index (χ0) is 13.9. The second kappa shape index (κ2) is 6.08. The normalized spacial score (nSPS) is 17.0. The standard InChI is InChI=1S/C10H14ClN3O3S2/c11-8-2-3-9(18-8)19(16,17)13-10(15)14-6-1-4-12-5-7-14/h2-3,12H,1,4-7H2,(H,13,15). The van der Waals surface area contributed by atoms with Gasteiger partial charge < -0.3 is 10.2 Å². The molecule has 0 aromatic carbocycles. The van der Waals surface area contributed by atoms with Gasteiger partial charge in [-0.05, 0) is 25.1 Å². The van der Waals surface area contributed by atoms with Crippen LogP contribution in [0.1, 0.15) is 6.42 Å². The third-order valence-electron chi connectivity index (χ3n) is 2.66. The highest BCUT2D eigenvalue weighted by Gasteiger charge is 2.23. The molecule has 1 aliphatic rings. The van der Waals surface area contributed by atoms with Crippen LogP contribution in [-0.4, -0.2) is 45.5 Å². The van der Waals surface area contributed by atoms with Crippen molar-refractivity contribution in [2.75, 3.05) is 26.2 Å². The number of nitrogens with one attached hydrogen (secondary N) is 2. The van der Waals surface area contributed by atoms with Crippen LogP contribution in [-0.2, 0) is 10.0 Å². The third-order valence-corrected chi connectivity index (χ3v) is 5.71. The van der Waals surface area contributed by atoms with E-state index >= 15 is 0 Å². The molecule has 2 heterocycles. The van der Waals surface area contributed by atoms with Gasteiger partial charge in [0, 0.05) is 19.6 Å². The number of urea groups is 1. The van der Waals surface area contributed by atoms with E-state index in [0.717, 1.165) is 24.3 Å². The van der Waals surface area contributed by atoms with E-state index in [1.807, 2.05) is 0 Å². The lowest BCUT2D eigenvalue weighted by Gasteiger charge is -2.19. The molecule has 2 rings (SSSR count). The Balaban J connectivity index is 2.05. The Labute approximate surface area is 120 Å². The van der Waals surface area contributed by atoms with Gasteiger partial charge in [-0.3, -0.25) is 0 Å². The summed E-state index contributed by atoms with van der Waals surface area (Å²) in [6.45, 7) is 2.53. The Morgan fingerprint density at radius 1 is 1.37 bits per heavy atom. The average molecular weight is 324 g/mol. The van der Waals surface area contributed by atoms with E-state index in [0.29, 0.717) is 24.0 Å². The number of carbonyl (C=O) groups is 1. The van der Waals surface area contributed by atoms with Gasteiger partial charge in [-0.25, -0.2) is 17.9 Å². The van der Waals surface area contributed by atoms with Gasteiger partial charge >= 0.3 is 6.03 Å². The van der Waals surface area contributed by atoms with Crippen LogP contribution < -0.4 is 10.0 Å². The van der Waals surface area contributed by atoms with Crippen LogP contribution in [0.2, 0.25) is 4.34 Å². The molecule has 0 unspecified atom stereocenters. The fourth-order valence-corrected chi connectivity index (χ4v) is 4.17. The lowest BCUT2D eigenvalue weighted by atomic mass is 10.4. The number of carbonyl (C=O) groups excluding carboxylic acids is 1. The second-order valence-corrected chi connectivity index (χ2v) is 7.68. The molecule has 0 bridgehead atoms. The molecule has 0 saturated carbocycles. The molecule has 0 spiro atoms. The zero-order valence-electron chi connectivity index (χ0n) is 10.1. The van der Waals surface area contributed by atoms with Crippen molar-refractivity contribution in [2.24, 2.45) is 0 Å². The maximum Gasteiger partial charge on any atom is 0.331 e. The Hall–Kier alpha value is -0.830. The molecule has 1 saturated heterocycles. The number of amides is 2. The summed E-state index contributed by atoms with van der Waals surface area (Å²) in [5.74, 6) is 0. The number of thiophene rings is 1. The minimum absolute atomic E-state index is 0.0406. The van der Waals surface area contributed by atoms with Gasteiger partial charge in [0.25, 0.3) is 10.0 Å². The van der Waals surface area contributed by atoms with Gasteiger partial charge in [0.2, 0.25) is 0 Å². The molecule has 0 atom stereocenters. The van der Waals surface area contributed by atoms with Crippen LogP contribution >= 0.6 is 22.9 Å². The highest BCUT2D eigenvalue weighted by Crippen LogP contribution is 2.25. The zero-order valence-corrected chi connectivity index (χ0v) is 12.4. The highest BCUT2D eigenvalue weighted by molar-refractivity contribution is 7.92. The van der Waals surface area contributed by atoms with Gasteiger partial charge in [-0.2, -0.15) is 0 Å². The fourth-order valence-electron chi connectivity index (χ4n) is 1.72. The summed E-state index contributed by atoms with van der Waals surface area (Å²) in [7, 11) is -3.83. The predicted molar refractivity (Wildman–Crippen MR) is 74.1 cm³/mol. The minimum atomic E-state index is -3.83. The molecule has 1 aliphatic heterocycles. The van der Waals surface area contributed by atoms with Gasteiger partial charge in [0.1, 0.15) is 4.21 Å². The molecule has 1 fully saturated rings. The summed E-state index contributed by atoms with van der Waals surface area (Å²) in [5.41, 5.74) is 0. The van der Waals surface area contributed by atoms with E-state index in [1.54, 1.807) is 0 Å². The Morgan fingerprint density at radius 3 is 2.84 bits per heavy atom. The number of hydrogen-bond donors (Lipinski definition) is 2. The van der Waals surface area contributed by atoms with Crippen molar-refractivity contribution in [2.45, 2.75) is 10.6 Å². The van der Waals surface area contributed by atoms with Crippen LogP contribution in [0, 0.1) is 0 Å². The summed E-state index contributed by atoms with van der Waals surface area (Å²) in [5, 5.41) is 3.14. The SMILES string of the molecule is O=C(NS(=O)(=O)c1ccc(Cl)s1)N1CCCNCC1. The first-order valence-corrected chi connectivity index (χ1v) is 8.44. The monoisotopic (exact) mass is 323 g/mol. The Morgan fingerprint density at radius 2 is 2.16 bits per heavy atom. The van der Waals surface area contributed by atoms with Crippen molar-refractivity contribution in [3.8, 4) is 0 Å². The summed E-state index contributed by atoms with van der Waals surface area (Å²) >= 11 is 6.62. The molecule has 1 aromatic heterocycles. The van der Waals surface area contributed by atoms with Gasteiger partial charge in [-0.15, -0.1) is 11.3 Å². The molecule has 19 heavy (non-hydrogen) atoms. The molecule has 2 amide bonds. The first-order chi connectivity index (χ1) is 8.99. The van der Waals surface area contributed by atoms with E-state index < -0.39 is 16.1 Å². The number of hydrogen-bond acceptors (Lipinski definition) is 5. The lowest BCUT2D eigenvalue weighted by molar-refractivity contribution is 0.207. The molecular formula is C10H14ClN3O3S2. The van der Waals surface area contributed by atoms with E-state index in [1.165, 1.54) is 17.0 Å². The number of halogens is 1. The summed E-state index contributed by atoms with van der Waals surface area (Å²) in [6, 6.07) is 2.28. The van der Waals surface area contributed by atoms with E-state index in [9.17, 15) is 13.2 Å². The van der Waals surface area contributed by atoms with Crippen molar-refractivity contribution in [1.82, 2.24) is 14.9 Å². The summed E-state index contributed by atoms with van der Waals surface area (Å²) in [4.78, 5) is 13.4. The smallest absolute Gasteiger partial charge is 0.323 e. The lowest BCUT2D eigenvalue weighted by Crippen LogP contribution is -2.44. The predicted octanol–water partition coefficient (Wildman–Crippen LogP) is 1.10. The van der Waals surface area contributed by atoms with Gasteiger partial charge in [-0.1, -0.05) is 11.6 Å². The third kappa shape index (κ3) is 3.82. The Bertz CT molecular complexity index is 550. The van der Waals surface area contributed by atoms with Crippen molar-refractivity contribution in [3.63, 3.8) is 0 Å². The van der Waals surface area contributed by atoms with Crippen molar-refractivity contribution >= 4 is 39.0 Å². The Kier molecular flexibility index (Phi) is 4.67. The number of rotatable bonds is 2. The molecule has 2 N–H and O–H groups in total. The second-order valence-electron chi connectivity index (χ2n) is 4.06. The topological polar surface area (TPSA) is 78.5 Å². The molecule has 0 aliphatic carbocycles. The van der Waals surface area contributed by atoms with Gasteiger partial charge in [0.15, 0.2) is 0 Å². The summed E-state index contributed by atoms with van der Waals surface area (Å²) < 4.78 is 26.4. The molecule has 106 valence electrons. The molecule has 6 nitrogen and oxygen atoms in total. The molecule has 9 heteroatoms. The number of nitrogens with zero attached hydrogens (tertiary/aromatic N) is 1. The quantitative estimate of drug-likeness (QED) is 0.854. The van der Waals surface area contributed by atoms with Crippen molar-refractivity contribution < 1.29 is 13.2 Å². The molecule has 0 radical (unpaired) electrons. The molecule has 1 aromatic rings. The average Bonchev–Trinajstić information content (AvgIpc) is 2.64. The van der Waals surface area contributed by atoms with Crippen molar-refractivity contribution in [3.05, 3.63) is 16.5 Å². The first-order valence-electron chi connectivity index (χ1n) is 5.77. The minimum Gasteiger partial charge on any atom is -0.323 e. The maximum atomic E-state index is 12.0. The van der Waals surface area contributed by atoms with Crippen molar-refractivity contribution in [1.29, 1.82) is 0 Å². The van der Waals surface area contributed by atoms with E-state index in [-0.39, 0.29) is 4.21 Å². The first kappa shape index (κ1) is 14.6. The van der Waals surface area contributed by atoms with E-state index in [4.69, 9.17) is 11.6 Å². The van der Waals surface area contributed by atoms with Crippen LogP contribution in [0.15, 0.2) is 16.3 Å². The fraction of sp³-hybridized carbons (Fsp3) is 0.500. The summed E-state index contributed by atoms with van der Waals surface area (Å²) in [6.07, 6.45) is 0.804. The highest BCUT2D eigenvalue weighted by atomic mass is 35.5. The van der Waals surface area contributed by atoms with Crippen LogP contribution in [0.4, 0.5) is 4.79 Å².